The average molecular weight is 368 g/mol. The first kappa shape index (κ1) is 15.6. The second-order valence-corrected chi connectivity index (χ2v) is 7.40. The number of aromatic amines is 1. The molecule has 3 aromatic rings. The summed E-state index contributed by atoms with van der Waals surface area (Å²) in [5.74, 6) is 2.38. The van der Waals surface area contributed by atoms with E-state index in [9.17, 15) is 5.11 Å². The van der Waals surface area contributed by atoms with Crippen molar-refractivity contribution in [3.05, 3.63) is 40.0 Å². The van der Waals surface area contributed by atoms with Crippen LogP contribution < -0.4 is 5.32 Å². The smallest absolute Gasteiger partial charge is 0.171 e. The summed E-state index contributed by atoms with van der Waals surface area (Å²) < 4.78 is 0. The van der Waals surface area contributed by atoms with Crippen molar-refractivity contribution < 1.29 is 9.39 Å². The SMILES string of the molecule is C[C@@H](O)c1ccc(-c2ncc(Cl)c(Nc3cc(C4CC4)[nH]n3)n2)s1.[HH].[HH].[HH]. The van der Waals surface area contributed by atoms with Gasteiger partial charge in [0.05, 0.1) is 17.2 Å². The van der Waals surface area contributed by atoms with Crippen LogP contribution in [-0.2, 0) is 0 Å². The third-order valence-electron chi connectivity index (χ3n) is 3.86. The third kappa shape index (κ3) is 3.15. The normalized spacial score (nSPS) is 15.5. The minimum atomic E-state index is -0.501. The van der Waals surface area contributed by atoms with Crippen molar-refractivity contribution in [2.45, 2.75) is 31.8 Å². The molecule has 0 unspecified atom stereocenters. The topological polar surface area (TPSA) is 86.7 Å². The van der Waals surface area contributed by atoms with E-state index >= 15 is 0 Å². The highest BCUT2D eigenvalue weighted by Crippen LogP contribution is 2.40. The van der Waals surface area contributed by atoms with Gasteiger partial charge in [0.2, 0.25) is 0 Å². The van der Waals surface area contributed by atoms with Crippen LogP contribution in [0.1, 0.15) is 46.6 Å². The van der Waals surface area contributed by atoms with Gasteiger partial charge in [-0.3, -0.25) is 5.10 Å². The highest BCUT2D eigenvalue weighted by atomic mass is 35.5. The molecule has 3 N–H and O–H groups in total. The fraction of sp³-hybridized carbons (Fsp3) is 0.312. The average Bonchev–Trinajstić information content (AvgIpc) is 3.10. The van der Waals surface area contributed by atoms with Crippen molar-refractivity contribution in [2.75, 3.05) is 5.32 Å². The number of aliphatic hydroxyl groups is 1. The Morgan fingerprint density at radius 2 is 2.29 bits per heavy atom. The number of anilines is 2. The Labute approximate surface area is 152 Å². The number of nitrogens with one attached hydrogen (secondary N) is 2. The first-order valence-electron chi connectivity index (χ1n) is 7.73. The molecule has 1 fully saturated rings. The summed E-state index contributed by atoms with van der Waals surface area (Å²) >= 11 is 7.67. The summed E-state index contributed by atoms with van der Waals surface area (Å²) in [6.07, 6.45) is 3.50. The Hall–Kier alpha value is -1.96. The van der Waals surface area contributed by atoms with Crippen molar-refractivity contribution in [1.29, 1.82) is 0 Å². The fourth-order valence-electron chi connectivity index (χ4n) is 2.40. The van der Waals surface area contributed by atoms with E-state index in [1.807, 2.05) is 18.2 Å². The summed E-state index contributed by atoms with van der Waals surface area (Å²) in [6, 6.07) is 5.78. The number of hydrogen-bond acceptors (Lipinski definition) is 6. The van der Waals surface area contributed by atoms with Crippen LogP contribution in [0.15, 0.2) is 24.4 Å². The molecule has 3 heterocycles. The zero-order valence-electron chi connectivity index (χ0n) is 13.0. The van der Waals surface area contributed by atoms with Gasteiger partial charge in [-0.05, 0) is 31.9 Å². The van der Waals surface area contributed by atoms with Gasteiger partial charge in [-0.25, -0.2) is 9.97 Å². The van der Waals surface area contributed by atoms with Gasteiger partial charge in [-0.1, -0.05) is 11.6 Å². The number of rotatable bonds is 5. The number of hydrogen-bond donors (Lipinski definition) is 3. The van der Waals surface area contributed by atoms with Gasteiger partial charge in [-0.15, -0.1) is 11.3 Å². The standard InChI is InChI=1S/C16H16ClN5OS.3H2/c1-8(23)12-4-5-13(24-12)16-18-7-10(17)15(20-16)19-14-6-11(21-22-14)9-2-3-9;;;/h4-9,23H,2-3H2,1H3,(H2,18,19,20,21,22);3*1H/t8-;;;/m1.../s1. The van der Waals surface area contributed by atoms with E-state index < -0.39 is 6.10 Å². The second-order valence-electron chi connectivity index (χ2n) is 5.88. The van der Waals surface area contributed by atoms with Crippen LogP contribution >= 0.6 is 22.9 Å². The van der Waals surface area contributed by atoms with Gasteiger partial charge in [0.1, 0.15) is 5.02 Å². The lowest BCUT2D eigenvalue weighted by molar-refractivity contribution is 0.203. The maximum Gasteiger partial charge on any atom is 0.171 e. The van der Waals surface area contributed by atoms with E-state index in [0.29, 0.717) is 28.4 Å². The molecular weight excluding hydrogens is 346 g/mol. The molecule has 8 heteroatoms. The van der Waals surface area contributed by atoms with E-state index in [0.717, 1.165) is 15.4 Å². The maximum absolute atomic E-state index is 9.65. The van der Waals surface area contributed by atoms with Gasteiger partial charge in [0, 0.05) is 26.8 Å². The molecule has 0 aromatic carbocycles. The molecule has 1 aliphatic rings. The molecule has 1 atom stereocenters. The number of aromatic nitrogens is 4. The summed E-state index contributed by atoms with van der Waals surface area (Å²) in [4.78, 5) is 10.5. The van der Waals surface area contributed by atoms with Crippen molar-refractivity contribution >= 4 is 34.6 Å². The largest absolute Gasteiger partial charge is 0.388 e. The molecule has 0 radical (unpaired) electrons. The first-order valence-corrected chi connectivity index (χ1v) is 8.92. The van der Waals surface area contributed by atoms with Crippen LogP contribution in [0.5, 0.6) is 0 Å². The van der Waals surface area contributed by atoms with E-state index in [2.05, 4.69) is 25.5 Å². The molecule has 0 saturated heterocycles. The summed E-state index contributed by atoms with van der Waals surface area (Å²) in [5.41, 5.74) is 1.14. The molecule has 0 spiro atoms. The molecule has 0 aliphatic heterocycles. The van der Waals surface area contributed by atoms with Crippen molar-refractivity contribution in [1.82, 2.24) is 20.2 Å². The Morgan fingerprint density at radius 3 is 3.00 bits per heavy atom. The Bertz CT molecular complexity index is 885. The minimum absolute atomic E-state index is 0. The van der Waals surface area contributed by atoms with Gasteiger partial charge < -0.3 is 10.4 Å². The predicted molar refractivity (Wildman–Crippen MR) is 101 cm³/mol. The monoisotopic (exact) mass is 367 g/mol. The van der Waals surface area contributed by atoms with Gasteiger partial charge >= 0.3 is 0 Å². The molecule has 3 aromatic heterocycles. The molecule has 1 aliphatic carbocycles. The van der Waals surface area contributed by atoms with Crippen molar-refractivity contribution in [2.24, 2.45) is 0 Å². The van der Waals surface area contributed by atoms with Crippen LogP contribution in [0.4, 0.5) is 11.6 Å². The molecule has 6 nitrogen and oxygen atoms in total. The highest BCUT2D eigenvalue weighted by Gasteiger charge is 2.25. The van der Waals surface area contributed by atoms with Crippen molar-refractivity contribution in [3.8, 4) is 10.7 Å². The second kappa shape index (κ2) is 6.16. The molecular formula is C16H22ClN5OS. The fourth-order valence-corrected chi connectivity index (χ4v) is 3.42. The van der Waals surface area contributed by atoms with Crippen molar-refractivity contribution in [3.63, 3.8) is 0 Å². The molecule has 1 saturated carbocycles. The van der Waals surface area contributed by atoms with Crippen LogP contribution in [0.2, 0.25) is 5.02 Å². The van der Waals surface area contributed by atoms with E-state index in [-0.39, 0.29) is 4.28 Å². The highest BCUT2D eigenvalue weighted by molar-refractivity contribution is 7.15. The van der Waals surface area contributed by atoms with Gasteiger partial charge in [0.15, 0.2) is 17.5 Å². The summed E-state index contributed by atoms with van der Waals surface area (Å²) in [7, 11) is 0. The number of halogens is 1. The zero-order chi connectivity index (χ0) is 16.7. The number of thiophene rings is 1. The molecule has 0 bridgehead atoms. The van der Waals surface area contributed by atoms with Gasteiger partial charge in [-0.2, -0.15) is 5.10 Å². The van der Waals surface area contributed by atoms with E-state index in [1.165, 1.54) is 24.2 Å². The molecule has 130 valence electrons. The summed E-state index contributed by atoms with van der Waals surface area (Å²) in [5, 5.41) is 20.5. The Morgan fingerprint density at radius 1 is 1.46 bits per heavy atom. The summed E-state index contributed by atoms with van der Waals surface area (Å²) in [6.45, 7) is 1.74. The first-order chi connectivity index (χ1) is 11.6. The third-order valence-corrected chi connectivity index (χ3v) is 5.39. The lowest BCUT2D eigenvalue weighted by Crippen LogP contribution is -1.98. The Balaban J connectivity index is 0.00000121. The van der Waals surface area contributed by atoms with Crippen LogP contribution in [0.25, 0.3) is 10.7 Å². The van der Waals surface area contributed by atoms with Crippen LogP contribution in [0.3, 0.4) is 0 Å². The number of aliphatic hydroxyl groups excluding tert-OH is 1. The van der Waals surface area contributed by atoms with Crippen LogP contribution in [-0.4, -0.2) is 25.3 Å². The Kier molecular flexibility index (Phi) is 3.99. The molecule has 24 heavy (non-hydrogen) atoms. The lowest BCUT2D eigenvalue weighted by atomic mass is 10.3. The van der Waals surface area contributed by atoms with E-state index in [4.69, 9.17) is 11.6 Å². The number of nitrogens with zero attached hydrogens (tertiary/aromatic N) is 3. The van der Waals surface area contributed by atoms with Gasteiger partial charge in [0.25, 0.3) is 0 Å². The number of H-pyrrole nitrogens is 1. The molecule has 0 amide bonds. The van der Waals surface area contributed by atoms with Crippen LogP contribution in [0, 0.1) is 0 Å². The lowest BCUT2D eigenvalue weighted by Gasteiger charge is -2.05. The minimum Gasteiger partial charge on any atom is -0.388 e. The molecule has 4 rings (SSSR count). The quantitative estimate of drug-likeness (QED) is 0.591. The predicted octanol–water partition coefficient (Wildman–Crippen LogP) is 4.99. The van der Waals surface area contributed by atoms with E-state index in [1.54, 1.807) is 13.1 Å². The zero-order valence-corrected chi connectivity index (χ0v) is 14.5. The maximum atomic E-state index is 9.65.